The molecule has 1 aromatic rings. The molecule has 0 amide bonds. The Labute approximate surface area is 118 Å². The Bertz CT molecular complexity index is 428. The van der Waals surface area contributed by atoms with Gasteiger partial charge in [-0.3, -0.25) is 4.79 Å². The normalized spacial score (nSPS) is 17.2. The summed E-state index contributed by atoms with van der Waals surface area (Å²) in [7, 11) is 0. The number of hydrogen-bond donors (Lipinski definition) is 1. The molecule has 2 rings (SSSR count). The van der Waals surface area contributed by atoms with Gasteiger partial charge in [0.15, 0.2) is 0 Å². The van der Waals surface area contributed by atoms with Gasteiger partial charge in [-0.1, -0.05) is 24.4 Å². The van der Waals surface area contributed by atoms with Gasteiger partial charge in [0.25, 0.3) is 0 Å². The Morgan fingerprint density at radius 1 is 1.47 bits per heavy atom. The molecule has 4 nitrogen and oxygen atoms in total. The highest BCUT2D eigenvalue weighted by molar-refractivity contribution is 6.30. The van der Waals surface area contributed by atoms with Crippen LogP contribution in [0.3, 0.4) is 0 Å². The molecule has 1 aromatic heterocycles. The van der Waals surface area contributed by atoms with Gasteiger partial charge in [-0.15, -0.1) is 0 Å². The highest BCUT2D eigenvalue weighted by Gasteiger charge is 2.42. The second-order valence-corrected chi connectivity index (χ2v) is 5.36. The number of carbonyl (C=O) groups excluding carboxylic acids is 1. The summed E-state index contributed by atoms with van der Waals surface area (Å²) in [5.74, 6) is 0.647. The molecule has 0 spiro atoms. The molecule has 1 saturated carbocycles. The van der Waals surface area contributed by atoms with Crippen molar-refractivity contribution in [3.63, 3.8) is 0 Å². The summed E-state index contributed by atoms with van der Waals surface area (Å²) < 4.78 is 5.22. The molecule has 0 atom stereocenters. The fraction of sp³-hybridized carbons (Fsp3) is 0.571. The molecule has 1 heterocycles. The molecular weight excluding hydrogens is 264 g/mol. The van der Waals surface area contributed by atoms with Gasteiger partial charge in [-0.25, -0.2) is 4.98 Å². The zero-order chi connectivity index (χ0) is 13.7. The molecule has 0 aliphatic heterocycles. The largest absolute Gasteiger partial charge is 0.466 e. The van der Waals surface area contributed by atoms with Crippen molar-refractivity contribution in [3.05, 3.63) is 23.4 Å². The van der Waals surface area contributed by atoms with Crippen LogP contribution < -0.4 is 5.32 Å². The Hall–Kier alpha value is -1.29. The van der Waals surface area contributed by atoms with Crippen molar-refractivity contribution in [1.82, 2.24) is 4.98 Å². The molecule has 1 aliphatic rings. The Kier molecular flexibility index (Phi) is 4.64. The van der Waals surface area contributed by atoms with Crippen LogP contribution in [0.1, 0.15) is 32.6 Å². The summed E-state index contributed by atoms with van der Waals surface area (Å²) in [6.45, 7) is 2.84. The van der Waals surface area contributed by atoms with Crippen molar-refractivity contribution in [3.8, 4) is 0 Å². The molecule has 0 bridgehead atoms. The van der Waals surface area contributed by atoms with E-state index in [1.807, 2.05) is 13.0 Å². The van der Waals surface area contributed by atoms with E-state index in [-0.39, 0.29) is 5.97 Å². The van der Waals surface area contributed by atoms with Gasteiger partial charge in [-0.05, 0) is 31.9 Å². The lowest BCUT2D eigenvalue weighted by Gasteiger charge is -2.26. The van der Waals surface area contributed by atoms with Crippen LogP contribution in [0.2, 0.25) is 5.02 Å². The second kappa shape index (κ2) is 6.24. The molecular formula is C14H19ClN2O2. The first kappa shape index (κ1) is 14.1. The van der Waals surface area contributed by atoms with Crippen molar-refractivity contribution in [2.24, 2.45) is 5.41 Å². The van der Waals surface area contributed by atoms with Gasteiger partial charge < -0.3 is 10.1 Å². The van der Waals surface area contributed by atoms with Crippen LogP contribution in [0.4, 0.5) is 5.82 Å². The third-order valence-corrected chi connectivity index (χ3v) is 3.83. The quantitative estimate of drug-likeness (QED) is 0.842. The van der Waals surface area contributed by atoms with E-state index < -0.39 is 5.41 Å². The smallest absolute Gasteiger partial charge is 0.313 e. The summed E-state index contributed by atoms with van der Waals surface area (Å²) >= 11 is 5.79. The number of aromatic nitrogens is 1. The monoisotopic (exact) mass is 282 g/mol. The van der Waals surface area contributed by atoms with Crippen molar-refractivity contribution in [2.45, 2.75) is 32.6 Å². The van der Waals surface area contributed by atoms with Crippen LogP contribution in [0.15, 0.2) is 18.3 Å². The summed E-state index contributed by atoms with van der Waals surface area (Å²) in [4.78, 5) is 16.3. The van der Waals surface area contributed by atoms with Crippen LogP contribution in [-0.4, -0.2) is 24.1 Å². The number of esters is 1. The first-order chi connectivity index (χ1) is 9.16. The highest BCUT2D eigenvalue weighted by atomic mass is 35.5. The predicted octanol–water partition coefficient (Wildman–Crippen LogP) is 3.27. The van der Waals surface area contributed by atoms with E-state index in [1.165, 1.54) is 0 Å². The lowest BCUT2D eigenvalue weighted by molar-refractivity contribution is -0.154. The van der Waals surface area contributed by atoms with Crippen molar-refractivity contribution >= 4 is 23.4 Å². The second-order valence-electron chi connectivity index (χ2n) is 4.92. The summed E-state index contributed by atoms with van der Waals surface area (Å²) in [5, 5.41) is 3.83. The van der Waals surface area contributed by atoms with Crippen molar-refractivity contribution < 1.29 is 9.53 Å². The van der Waals surface area contributed by atoms with Gasteiger partial charge in [-0.2, -0.15) is 0 Å². The van der Waals surface area contributed by atoms with Crippen LogP contribution in [0.25, 0.3) is 0 Å². The molecule has 104 valence electrons. The van der Waals surface area contributed by atoms with Gasteiger partial charge >= 0.3 is 5.97 Å². The minimum absolute atomic E-state index is 0.0889. The molecule has 19 heavy (non-hydrogen) atoms. The van der Waals surface area contributed by atoms with E-state index in [2.05, 4.69) is 10.3 Å². The third kappa shape index (κ3) is 3.38. The molecule has 1 N–H and O–H groups in total. The minimum atomic E-state index is -0.392. The average molecular weight is 283 g/mol. The number of halogens is 1. The molecule has 5 heteroatoms. The number of ether oxygens (including phenoxy) is 1. The van der Waals surface area contributed by atoms with Crippen LogP contribution in [0, 0.1) is 5.41 Å². The van der Waals surface area contributed by atoms with E-state index in [1.54, 1.807) is 12.3 Å². The van der Waals surface area contributed by atoms with Crippen molar-refractivity contribution in [1.29, 1.82) is 0 Å². The number of carbonyl (C=O) groups is 1. The van der Waals surface area contributed by atoms with Gasteiger partial charge in [0.1, 0.15) is 5.82 Å². The van der Waals surface area contributed by atoms with E-state index in [9.17, 15) is 4.79 Å². The lowest BCUT2D eigenvalue weighted by atomic mass is 9.86. The maximum absolute atomic E-state index is 12.1. The Morgan fingerprint density at radius 3 is 2.79 bits per heavy atom. The number of nitrogens with one attached hydrogen (secondary N) is 1. The van der Waals surface area contributed by atoms with Crippen molar-refractivity contribution in [2.75, 3.05) is 18.5 Å². The Morgan fingerprint density at radius 2 is 2.21 bits per heavy atom. The summed E-state index contributed by atoms with van der Waals surface area (Å²) in [6.07, 6.45) is 5.51. The van der Waals surface area contributed by atoms with E-state index in [0.717, 1.165) is 31.5 Å². The average Bonchev–Trinajstić information content (AvgIpc) is 2.88. The fourth-order valence-electron chi connectivity index (χ4n) is 2.53. The maximum atomic E-state index is 12.1. The fourth-order valence-corrected chi connectivity index (χ4v) is 2.64. The Balaban J connectivity index is 2.01. The molecule has 0 radical (unpaired) electrons. The molecule has 1 aliphatic carbocycles. The summed E-state index contributed by atoms with van der Waals surface area (Å²) in [5.41, 5.74) is -0.392. The standard InChI is InChI=1S/C14H19ClN2O2/c1-2-19-13(18)14(7-3-4-8-14)10-17-12-6-5-11(15)9-16-12/h5-6,9H,2-4,7-8,10H2,1H3,(H,16,17). The number of rotatable bonds is 5. The zero-order valence-corrected chi connectivity index (χ0v) is 11.9. The number of nitrogens with zero attached hydrogens (tertiary/aromatic N) is 1. The molecule has 0 saturated heterocycles. The van der Waals surface area contributed by atoms with Gasteiger partial charge in [0.2, 0.25) is 0 Å². The van der Waals surface area contributed by atoms with Crippen LogP contribution in [0.5, 0.6) is 0 Å². The summed E-state index contributed by atoms with van der Waals surface area (Å²) in [6, 6.07) is 3.60. The lowest BCUT2D eigenvalue weighted by Crippen LogP contribution is -2.37. The number of anilines is 1. The van der Waals surface area contributed by atoms with E-state index in [0.29, 0.717) is 18.2 Å². The maximum Gasteiger partial charge on any atom is 0.313 e. The first-order valence-corrected chi connectivity index (χ1v) is 7.07. The number of pyridine rings is 1. The molecule has 1 fully saturated rings. The van der Waals surface area contributed by atoms with Gasteiger partial charge in [0, 0.05) is 12.7 Å². The topological polar surface area (TPSA) is 51.2 Å². The third-order valence-electron chi connectivity index (χ3n) is 3.60. The van der Waals surface area contributed by atoms with E-state index in [4.69, 9.17) is 16.3 Å². The zero-order valence-electron chi connectivity index (χ0n) is 11.1. The van der Waals surface area contributed by atoms with Gasteiger partial charge in [0.05, 0.1) is 17.0 Å². The predicted molar refractivity (Wildman–Crippen MR) is 75.3 cm³/mol. The minimum Gasteiger partial charge on any atom is -0.466 e. The molecule has 0 unspecified atom stereocenters. The van der Waals surface area contributed by atoms with Crippen LogP contribution >= 0.6 is 11.6 Å². The SMILES string of the molecule is CCOC(=O)C1(CNc2ccc(Cl)cn2)CCCC1. The van der Waals surface area contributed by atoms with Crippen LogP contribution in [-0.2, 0) is 9.53 Å². The molecule has 0 aromatic carbocycles. The highest BCUT2D eigenvalue weighted by Crippen LogP contribution is 2.39. The first-order valence-electron chi connectivity index (χ1n) is 6.69. The number of hydrogen-bond acceptors (Lipinski definition) is 4. The van der Waals surface area contributed by atoms with E-state index >= 15 is 0 Å².